The lowest BCUT2D eigenvalue weighted by molar-refractivity contribution is 0.0515. The Bertz CT molecular complexity index is 562. The Morgan fingerprint density at radius 1 is 1.00 bits per heavy atom. The van der Waals surface area contributed by atoms with E-state index in [0.717, 1.165) is 11.3 Å². The third-order valence-corrected chi connectivity index (χ3v) is 2.60. The number of oxime groups is 1. The van der Waals surface area contributed by atoms with Crippen molar-refractivity contribution < 1.29 is 9.63 Å². The Balaban J connectivity index is 1.93. The summed E-state index contributed by atoms with van der Waals surface area (Å²) in [5.41, 5.74) is 2.40. The molecule has 0 aromatic heterocycles. The SMILES string of the molecule is CC(Cc1ccccc1)=NOC(=O)c1ccccc1. The van der Waals surface area contributed by atoms with E-state index in [9.17, 15) is 4.79 Å². The van der Waals surface area contributed by atoms with Gasteiger partial charge in [-0.05, 0) is 24.6 Å². The Kier molecular flexibility index (Phi) is 4.45. The van der Waals surface area contributed by atoms with Crippen LogP contribution in [0.25, 0.3) is 0 Å². The van der Waals surface area contributed by atoms with Gasteiger partial charge in [0.25, 0.3) is 0 Å². The summed E-state index contributed by atoms with van der Waals surface area (Å²) in [5.74, 6) is -0.437. The van der Waals surface area contributed by atoms with E-state index in [4.69, 9.17) is 4.84 Å². The van der Waals surface area contributed by atoms with Crippen molar-refractivity contribution >= 4 is 11.7 Å². The first-order valence-corrected chi connectivity index (χ1v) is 6.09. The molecule has 2 aromatic carbocycles. The fourth-order valence-electron chi connectivity index (χ4n) is 1.67. The zero-order valence-corrected chi connectivity index (χ0v) is 10.7. The lowest BCUT2D eigenvalue weighted by atomic mass is 10.1. The van der Waals surface area contributed by atoms with E-state index in [1.807, 2.05) is 43.3 Å². The van der Waals surface area contributed by atoms with Crippen molar-refractivity contribution in [3.8, 4) is 0 Å². The summed E-state index contributed by atoms with van der Waals surface area (Å²) < 4.78 is 0. The van der Waals surface area contributed by atoms with E-state index in [1.165, 1.54) is 0 Å². The van der Waals surface area contributed by atoms with Gasteiger partial charge in [-0.3, -0.25) is 0 Å². The first-order chi connectivity index (χ1) is 9.25. The highest BCUT2D eigenvalue weighted by Gasteiger charge is 2.05. The summed E-state index contributed by atoms with van der Waals surface area (Å²) >= 11 is 0. The quantitative estimate of drug-likeness (QED) is 0.475. The third-order valence-electron chi connectivity index (χ3n) is 2.60. The maximum absolute atomic E-state index is 11.7. The monoisotopic (exact) mass is 253 g/mol. The van der Waals surface area contributed by atoms with Crippen LogP contribution >= 0.6 is 0 Å². The highest BCUT2D eigenvalue weighted by atomic mass is 16.7. The highest BCUT2D eigenvalue weighted by Crippen LogP contribution is 2.04. The molecule has 0 heterocycles. The molecule has 2 aromatic rings. The minimum absolute atomic E-state index is 0.437. The molecular formula is C16H15NO2. The second-order valence-corrected chi connectivity index (χ2v) is 4.23. The summed E-state index contributed by atoms with van der Waals surface area (Å²) in [5, 5.41) is 3.86. The van der Waals surface area contributed by atoms with Gasteiger partial charge in [-0.2, -0.15) is 0 Å². The average molecular weight is 253 g/mol. The molecule has 0 saturated heterocycles. The maximum Gasteiger partial charge on any atom is 0.365 e. The van der Waals surface area contributed by atoms with Crippen molar-refractivity contribution in [2.24, 2.45) is 5.16 Å². The number of benzene rings is 2. The Hall–Kier alpha value is -2.42. The Labute approximate surface area is 112 Å². The van der Waals surface area contributed by atoms with Gasteiger partial charge < -0.3 is 4.84 Å². The molecule has 2 rings (SSSR count). The van der Waals surface area contributed by atoms with E-state index >= 15 is 0 Å². The molecule has 3 nitrogen and oxygen atoms in total. The number of nitrogens with zero attached hydrogens (tertiary/aromatic N) is 1. The summed E-state index contributed by atoms with van der Waals surface area (Å²) in [6, 6.07) is 18.8. The van der Waals surface area contributed by atoms with E-state index in [2.05, 4.69) is 5.16 Å². The summed E-state index contributed by atoms with van der Waals surface area (Å²) in [6.45, 7) is 1.84. The van der Waals surface area contributed by atoms with Gasteiger partial charge in [-0.15, -0.1) is 0 Å². The van der Waals surface area contributed by atoms with Crippen LogP contribution in [0.1, 0.15) is 22.8 Å². The summed E-state index contributed by atoms with van der Waals surface area (Å²) in [6.07, 6.45) is 0.670. The number of hydrogen-bond acceptors (Lipinski definition) is 3. The number of hydrogen-bond donors (Lipinski definition) is 0. The molecule has 0 aliphatic carbocycles. The summed E-state index contributed by atoms with van der Waals surface area (Å²) in [7, 11) is 0. The van der Waals surface area contributed by atoms with Gasteiger partial charge in [0.2, 0.25) is 0 Å². The van der Waals surface area contributed by atoms with Gasteiger partial charge in [0.05, 0.1) is 11.3 Å². The molecule has 0 spiro atoms. The predicted octanol–water partition coefficient (Wildman–Crippen LogP) is 3.46. The molecule has 96 valence electrons. The molecule has 0 aliphatic heterocycles. The van der Waals surface area contributed by atoms with E-state index in [0.29, 0.717) is 12.0 Å². The molecular weight excluding hydrogens is 238 g/mol. The van der Waals surface area contributed by atoms with Gasteiger partial charge in [0, 0.05) is 6.42 Å². The third kappa shape index (κ3) is 4.07. The smallest absolute Gasteiger partial charge is 0.313 e. The Morgan fingerprint density at radius 2 is 1.58 bits per heavy atom. The molecule has 3 heteroatoms. The van der Waals surface area contributed by atoms with Crippen LogP contribution in [-0.4, -0.2) is 11.7 Å². The Morgan fingerprint density at radius 3 is 2.21 bits per heavy atom. The van der Waals surface area contributed by atoms with E-state index in [1.54, 1.807) is 24.3 Å². The molecule has 0 bridgehead atoms. The molecule has 0 N–H and O–H groups in total. The van der Waals surface area contributed by atoms with Gasteiger partial charge in [-0.1, -0.05) is 53.7 Å². The van der Waals surface area contributed by atoms with Crippen LogP contribution in [0.3, 0.4) is 0 Å². The van der Waals surface area contributed by atoms with Crippen LogP contribution in [0.2, 0.25) is 0 Å². The van der Waals surface area contributed by atoms with Gasteiger partial charge >= 0.3 is 5.97 Å². The molecule has 0 unspecified atom stereocenters. The first kappa shape index (κ1) is 13.0. The van der Waals surface area contributed by atoms with Gasteiger partial charge in [-0.25, -0.2) is 4.79 Å². The first-order valence-electron chi connectivity index (χ1n) is 6.09. The van der Waals surface area contributed by atoms with Crippen molar-refractivity contribution in [1.82, 2.24) is 0 Å². The van der Waals surface area contributed by atoms with Crippen LogP contribution < -0.4 is 0 Å². The summed E-state index contributed by atoms with van der Waals surface area (Å²) in [4.78, 5) is 16.6. The van der Waals surface area contributed by atoms with Crippen molar-refractivity contribution in [2.45, 2.75) is 13.3 Å². The number of rotatable bonds is 4. The molecule has 19 heavy (non-hydrogen) atoms. The molecule has 0 atom stereocenters. The van der Waals surface area contributed by atoms with Crippen LogP contribution in [0.4, 0.5) is 0 Å². The van der Waals surface area contributed by atoms with Crippen molar-refractivity contribution in [3.05, 3.63) is 71.8 Å². The number of carbonyl (C=O) groups is 1. The van der Waals surface area contributed by atoms with Crippen molar-refractivity contribution in [3.63, 3.8) is 0 Å². The lowest BCUT2D eigenvalue weighted by Crippen LogP contribution is -2.04. The minimum Gasteiger partial charge on any atom is -0.313 e. The molecule has 0 fully saturated rings. The maximum atomic E-state index is 11.7. The second kappa shape index (κ2) is 6.50. The second-order valence-electron chi connectivity index (χ2n) is 4.23. The lowest BCUT2D eigenvalue weighted by Gasteiger charge is -2.01. The van der Waals surface area contributed by atoms with Gasteiger partial charge in [0.1, 0.15) is 0 Å². The topological polar surface area (TPSA) is 38.7 Å². The highest BCUT2D eigenvalue weighted by molar-refractivity contribution is 5.90. The normalized spacial score (nSPS) is 11.1. The van der Waals surface area contributed by atoms with Crippen molar-refractivity contribution in [2.75, 3.05) is 0 Å². The van der Waals surface area contributed by atoms with Crippen LogP contribution in [0, 0.1) is 0 Å². The average Bonchev–Trinajstić information content (AvgIpc) is 2.47. The fourth-order valence-corrected chi connectivity index (χ4v) is 1.67. The standard InChI is InChI=1S/C16H15NO2/c1-13(12-14-8-4-2-5-9-14)17-19-16(18)15-10-6-3-7-11-15/h2-11H,12H2,1H3. The van der Waals surface area contributed by atoms with E-state index < -0.39 is 5.97 Å². The van der Waals surface area contributed by atoms with E-state index in [-0.39, 0.29) is 0 Å². The zero-order chi connectivity index (χ0) is 13.5. The predicted molar refractivity (Wildman–Crippen MR) is 75.1 cm³/mol. The molecule has 0 saturated carbocycles. The molecule has 0 radical (unpaired) electrons. The molecule has 0 amide bonds. The van der Waals surface area contributed by atoms with Crippen LogP contribution in [-0.2, 0) is 11.3 Å². The van der Waals surface area contributed by atoms with Crippen LogP contribution in [0.15, 0.2) is 65.8 Å². The molecule has 0 aliphatic rings. The largest absolute Gasteiger partial charge is 0.365 e. The van der Waals surface area contributed by atoms with Crippen LogP contribution in [0.5, 0.6) is 0 Å². The number of carbonyl (C=O) groups excluding carboxylic acids is 1. The fraction of sp³-hybridized carbons (Fsp3) is 0.125. The van der Waals surface area contributed by atoms with Crippen molar-refractivity contribution in [1.29, 1.82) is 0 Å². The minimum atomic E-state index is -0.437. The zero-order valence-electron chi connectivity index (χ0n) is 10.7. The van der Waals surface area contributed by atoms with Gasteiger partial charge in [0.15, 0.2) is 0 Å².